The first-order valence-corrected chi connectivity index (χ1v) is 4.92. The second-order valence-electron chi connectivity index (χ2n) is 3.44. The molecule has 2 heteroatoms. The molecule has 0 aliphatic carbocycles. The molecule has 0 aliphatic rings. The lowest BCUT2D eigenvalue weighted by Gasteiger charge is -2.07. The molecule has 1 aromatic rings. The van der Waals surface area contributed by atoms with E-state index < -0.39 is 0 Å². The number of rotatable bonds is 3. The third kappa shape index (κ3) is 2.42. The Balaban J connectivity index is 3.17. The number of hydrogen-bond acceptors (Lipinski definition) is 2. The van der Waals surface area contributed by atoms with Crippen LogP contribution in [0.2, 0.25) is 0 Å². The van der Waals surface area contributed by atoms with Gasteiger partial charge >= 0.3 is 0 Å². The molecule has 0 saturated heterocycles. The van der Waals surface area contributed by atoms with Crippen LogP contribution in [0.4, 0.5) is 5.69 Å². The van der Waals surface area contributed by atoms with Crippen LogP contribution in [0, 0.1) is 6.92 Å². The van der Waals surface area contributed by atoms with Gasteiger partial charge in [0.05, 0.1) is 12.3 Å². The third-order valence-corrected chi connectivity index (χ3v) is 2.23. The third-order valence-electron chi connectivity index (χ3n) is 2.23. The van der Waals surface area contributed by atoms with Gasteiger partial charge in [0.1, 0.15) is 0 Å². The first-order valence-electron chi connectivity index (χ1n) is 4.92. The molecule has 1 aromatic carbocycles. The van der Waals surface area contributed by atoms with Crippen molar-refractivity contribution < 1.29 is 5.11 Å². The molecule has 0 bridgehead atoms. The Labute approximate surface area is 85.3 Å². The SMILES string of the molecule is CCc1cccc(C)c1/N=C(/C)CO. The van der Waals surface area contributed by atoms with Crippen molar-refractivity contribution in [2.75, 3.05) is 6.61 Å². The first kappa shape index (κ1) is 10.9. The zero-order valence-electron chi connectivity index (χ0n) is 9.04. The molecule has 0 aromatic heterocycles. The van der Waals surface area contributed by atoms with Crippen molar-refractivity contribution in [3.63, 3.8) is 0 Å². The molecule has 0 atom stereocenters. The number of nitrogens with zero attached hydrogens (tertiary/aromatic N) is 1. The van der Waals surface area contributed by atoms with Gasteiger partial charge in [0.15, 0.2) is 0 Å². The van der Waals surface area contributed by atoms with Gasteiger partial charge < -0.3 is 5.11 Å². The number of aryl methyl sites for hydroxylation is 2. The van der Waals surface area contributed by atoms with Crippen molar-refractivity contribution in [2.24, 2.45) is 4.99 Å². The number of para-hydroxylation sites is 1. The fraction of sp³-hybridized carbons (Fsp3) is 0.417. The molecule has 0 radical (unpaired) electrons. The lowest BCUT2D eigenvalue weighted by Crippen LogP contribution is -1.97. The topological polar surface area (TPSA) is 32.6 Å². The highest BCUT2D eigenvalue weighted by Crippen LogP contribution is 2.24. The van der Waals surface area contributed by atoms with Gasteiger partial charge in [-0.15, -0.1) is 0 Å². The molecular formula is C12H17NO. The van der Waals surface area contributed by atoms with Crippen LogP contribution in [0.5, 0.6) is 0 Å². The van der Waals surface area contributed by atoms with Crippen molar-refractivity contribution in [1.29, 1.82) is 0 Å². The molecule has 0 fully saturated rings. The van der Waals surface area contributed by atoms with Crippen LogP contribution in [0.3, 0.4) is 0 Å². The molecular weight excluding hydrogens is 174 g/mol. The summed E-state index contributed by atoms with van der Waals surface area (Å²) >= 11 is 0. The van der Waals surface area contributed by atoms with Gasteiger partial charge in [-0.3, -0.25) is 4.99 Å². The number of aliphatic imine (C=N–C) groups is 1. The molecule has 1 rings (SSSR count). The van der Waals surface area contributed by atoms with Crippen LogP contribution in [0.1, 0.15) is 25.0 Å². The lowest BCUT2D eigenvalue weighted by molar-refractivity contribution is 0.357. The monoisotopic (exact) mass is 191 g/mol. The van der Waals surface area contributed by atoms with Crippen molar-refractivity contribution in [3.8, 4) is 0 Å². The van der Waals surface area contributed by atoms with Gasteiger partial charge in [0, 0.05) is 5.71 Å². The van der Waals surface area contributed by atoms with E-state index in [1.54, 1.807) is 0 Å². The van der Waals surface area contributed by atoms with Crippen molar-refractivity contribution in [1.82, 2.24) is 0 Å². The average molecular weight is 191 g/mol. The molecule has 0 saturated carbocycles. The summed E-state index contributed by atoms with van der Waals surface area (Å²) in [7, 11) is 0. The standard InChI is InChI=1S/C12H17NO/c1-4-11-7-5-6-9(2)12(11)13-10(3)8-14/h5-7,14H,4,8H2,1-3H3/b13-10-. The summed E-state index contributed by atoms with van der Waals surface area (Å²) in [5.41, 5.74) is 4.17. The Morgan fingerprint density at radius 3 is 2.71 bits per heavy atom. The predicted octanol–water partition coefficient (Wildman–Crippen LogP) is 2.64. The summed E-state index contributed by atoms with van der Waals surface area (Å²) in [5.74, 6) is 0. The van der Waals surface area contributed by atoms with E-state index >= 15 is 0 Å². The summed E-state index contributed by atoms with van der Waals surface area (Å²) in [6, 6.07) is 6.17. The number of aliphatic hydroxyl groups excluding tert-OH is 1. The molecule has 0 spiro atoms. The lowest BCUT2D eigenvalue weighted by atomic mass is 10.1. The van der Waals surface area contributed by atoms with E-state index in [1.165, 1.54) is 5.56 Å². The van der Waals surface area contributed by atoms with E-state index in [0.29, 0.717) is 0 Å². The van der Waals surface area contributed by atoms with Gasteiger partial charge in [-0.05, 0) is 31.4 Å². The van der Waals surface area contributed by atoms with Crippen molar-refractivity contribution >= 4 is 11.4 Å². The zero-order chi connectivity index (χ0) is 10.6. The molecule has 2 nitrogen and oxygen atoms in total. The molecule has 0 heterocycles. The summed E-state index contributed by atoms with van der Waals surface area (Å²) in [6.45, 7) is 6.02. The molecule has 0 unspecified atom stereocenters. The quantitative estimate of drug-likeness (QED) is 0.732. The van der Waals surface area contributed by atoms with Crippen LogP contribution in [-0.4, -0.2) is 17.4 Å². The minimum absolute atomic E-state index is 0.0253. The minimum Gasteiger partial charge on any atom is -0.390 e. The second-order valence-corrected chi connectivity index (χ2v) is 3.44. The Morgan fingerprint density at radius 2 is 2.14 bits per heavy atom. The van der Waals surface area contributed by atoms with E-state index in [0.717, 1.165) is 23.4 Å². The predicted molar refractivity (Wildman–Crippen MR) is 60.4 cm³/mol. The Hall–Kier alpha value is -1.15. The van der Waals surface area contributed by atoms with Gasteiger partial charge in [-0.25, -0.2) is 0 Å². The van der Waals surface area contributed by atoms with E-state index in [2.05, 4.69) is 18.0 Å². The van der Waals surface area contributed by atoms with Crippen LogP contribution < -0.4 is 0 Å². The van der Waals surface area contributed by atoms with Crippen molar-refractivity contribution in [2.45, 2.75) is 27.2 Å². The van der Waals surface area contributed by atoms with Crippen LogP contribution >= 0.6 is 0 Å². The largest absolute Gasteiger partial charge is 0.390 e. The summed E-state index contributed by atoms with van der Waals surface area (Å²) in [6.07, 6.45) is 0.971. The maximum atomic E-state index is 8.92. The first-order chi connectivity index (χ1) is 6.69. The van der Waals surface area contributed by atoms with E-state index in [9.17, 15) is 0 Å². The number of benzene rings is 1. The van der Waals surface area contributed by atoms with Crippen LogP contribution in [-0.2, 0) is 6.42 Å². The highest BCUT2D eigenvalue weighted by Gasteiger charge is 2.02. The molecule has 14 heavy (non-hydrogen) atoms. The average Bonchev–Trinajstić information content (AvgIpc) is 2.20. The Bertz CT molecular complexity index is 342. The highest BCUT2D eigenvalue weighted by atomic mass is 16.3. The Kier molecular flexibility index (Phi) is 3.84. The molecule has 1 N–H and O–H groups in total. The summed E-state index contributed by atoms with van der Waals surface area (Å²) < 4.78 is 0. The van der Waals surface area contributed by atoms with Gasteiger partial charge in [-0.2, -0.15) is 0 Å². The fourth-order valence-electron chi connectivity index (χ4n) is 1.39. The summed E-state index contributed by atoms with van der Waals surface area (Å²) in [4.78, 5) is 4.41. The molecule has 0 aliphatic heterocycles. The minimum atomic E-state index is 0.0253. The maximum absolute atomic E-state index is 8.92. The van der Waals surface area contributed by atoms with Gasteiger partial charge in [-0.1, -0.05) is 25.1 Å². The van der Waals surface area contributed by atoms with E-state index in [-0.39, 0.29) is 6.61 Å². The van der Waals surface area contributed by atoms with Crippen molar-refractivity contribution in [3.05, 3.63) is 29.3 Å². The van der Waals surface area contributed by atoms with Gasteiger partial charge in [0.25, 0.3) is 0 Å². The normalized spacial score (nSPS) is 11.9. The number of hydrogen-bond donors (Lipinski definition) is 1. The fourth-order valence-corrected chi connectivity index (χ4v) is 1.39. The number of aliphatic hydroxyl groups is 1. The Morgan fingerprint density at radius 1 is 1.43 bits per heavy atom. The smallest absolute Gasteiger partial charge is 0.0811 e. The van der Waals surface area contributed by atoms with Gasteiger partial charge in [0.2, 0.25) is 0 Å². The summed E-state index contributed by atoms with van der Waals surface area (Å²) in [5, 5.41) is 8.92. The van der Waals surface area contributed by atoms with Crippen LogP contribution in [0.25, 0.3) is 0 Å². The maximum Gasteiger partial charge on any atom is 0.0811 e. The highest BCUT2D eigenvalue weighted by molar-refractivity contribution is 5.86. The zero-order valence-corrected chi connectivity index (χ0v) is 9.04. The van der Waals surface area contributed by atoms with E-state index in [1.807, 2.05) is 26.0 Å². The van der Waals surface area contributed by atoms with Crippen LogP contribution in [0.15, 0.2) is 23.2 Å². The molecule has 0 amide bonds. The van der Waals surface area contributed by atoms with E-state index in [4.69, 9.17) is 5.11 Å². The molecule has 76 valence electrons. The second kappa shape index (κ2) is 4.91.